The Hall–Kier alpha value is -2.41. The number of hydrogen-bond donors (Lipinski definition) is 1. The first-order valence-corrected chi connectivity index (χ1v) is 11.7. The van der Waals surface area contributed by atoms with E-state index in [9.17, 15) is 14.7 Å². The lowest BCUT2D eigenvalue weighted by Crippen LogP contribution is -2.58. The summed E-state index contributed by atoms with van der Waals surface area (Å²) in [4.78, 5) is 24.3. The molecular formula is C26H33ClN2O4. The summed E-state index contributed by atoms with van der Waals surface area (Å²) >= 11 is 6.37. The molecule has 1 heterocycles. The van der Waals surface area contributed by atoms with Crippen molar-refractivity contribution in [3.8, 4) is 0 Å². The van der Waals surface area contributed by atoms with Crippen LogP contribution in [-0.4, -0.2) is 59.1 Å². The van der Waals surface area contributed by atoms with Gasteiger partial charge in [-0.25, -0.2) is 0 Å². The molecule has 1 aliphatic carbocycles. The van der Waals surface area contributed by atoms with Crippen LogP contribution in [-0.2, 0) is 9.59 Å². The van der Waals surface area contributed by atoms with Gasteiger partial charge in [0.25, 0.3) is 0 Å². The van der Waals surface area contributed by atoms with Gasteiger partial charge in [0, 0.05) is 48.1 Å². The Morgan fingerprint density at radius 1 is 1.12 bits per heavy atom. The van der Waals surface area contributed by atoms with Gasteiger partial charge in [-0.05, 0) is 62.6 Å². The van der Waals surface area contributed by atoms with Crippen LogP contribution in [0.2, 0.25) is 5.02 Å². The highest BCUT2D eigenvalue weighted by Crippen LogP contribution is 2.48. The molecule has 33 heavy (non-hydrogen) atoms. The van der Waals surface area contributed by atoms with Gasteiger partial charge in [-0.3, -0.25) is 14.6 Å². The molecule has 0 unspecified atom stereocenters. The Bertz CT molecular complexity index is 972. The number of rotatable bonds is 5. The third-order valence-electron chi connectivity index (χ3n) is 6.77. The van der Waals surface area contributed by atoms with Crippen LogP contribution in [0.1, 0.15) is 63.2 Å². The maximum absolute atomic E-state index is 9.61. The van der Waals surface area contributed by atoms with Crippen molar-refractivity contribution in [2.75, 3.05) is 26.7 Å². The van der Waals surface area contributed by atoms with Crippen LogP contribution < -0.4 is 5.11 Å². The Balaban J connectivity index is 0.000000394. The van der Waals surface area contributed by atoms with E-state index in [0.717, 1.165) is 31.1 Å². The van der Waals surface area contributed by atoms with Crippen LogP contribution in [0.5, 0.6) is 0 Å². The van der Waals surface area contributed by atoms with Crippen LogP contribution >= 0.6 is 11.6 Å². The molecule has 7 heteroatoms. The first kappa shape index (κ1) is 25.2. The highest BCUT2D eigenvalue weighted by Gasteiger charge is 2.40. The van der Waals surface area contributed by atoms with Crippen molar-refractivity contribution < 1.29 is 21.2 Å². The number of carbonyl (C=O) groups is 2. The van der Waals surface area contributed by atoms with Crippen molar-refractivity contribution in [2.24, 2.45) is 0 Å². The minimum atomic E-state index is -1.33. The highest BCUT2D eigenvalue weighted by atomic mass is 35.5. The summed E-state index contributed by atoms with van der Waals surface area (Å²) < 4.78 is 0. The monoisotopic (exact) mass is 472 g/mol. The quantitative estimate of drug-likeness (QED) is 0.715. The number of halogens is 1. The van der Waals surface area contributed by atoms with E-state index in [1.807, 2.05) is 6.07 Å². The summed E-state index contributed by atoms with van der Waals surface area (Å²) in [6.07, 6.45) is 0.386. The summed E-state index contributed by atoms with van der Waals surface area (Å²) in [5.41, 5.74) is 4.52. The third kappa shape index (κ3) is 6.34. The van der Waals surface area contributed by atoms with Crippen molar-refractivity contribution in [1.29, 1.82) is 0 Å². The Morgan fingerprint density at radius 2 is 1.82 bits per heavy atom. The van der Waals surface area contributed by atoms with E-state index in [1.54, 1.807) is 0 Å². The average Bonchev–Trinajstić information content (AvgIpc) is 3.14. The number of aliphatic carboxylic acids is 2. The number of hydrogen-bond acceptors (Lipinski definition) is 5. The Labute approximate surface area is 202 Å². The smallest absolute Gasteiger partial charge is 0.550 e. The molecule has 1 fully saturated rings. The van der Waals surface area contributed by atoms with Crippen molar-refractivity contribution in [3.05, 3.63) is 70.2 Å². The second-order valence-electron chi connectivity index (χ2n) is 9.46. The van der Waals surface area contributed by atoms with Crippen molar-refractivity contribution in [1.82, 2.24) is 9.80 Å². The molecule has 2 aromatic carbocycles. The van der Waals surface area contributed by atoms with E-state index < -0.39 is 18.4 Å². The first-order chi connectivity index (χ1) is 15.6. The highest BCUT2D eigenvalue weighted by molar-refractivity contribution is 6.30. The number of carbonyl (C=O) groups excluding carboxylic acids is 1. The number of benzene rings is 2. The van der Waals surface area contributed by atoms with Gasteiger partial charge in [-0.1, -0.05) is 48.0 Å². The SMILES string of the molecule is CN1CCN([C@@H]2C[C@@H](c3ccccc3)c3ccc(Cl)cc32)CC1(C)C.O=C([O-])CCC(=O)O.[H+]. The van der Waals surface area contributed by atoms with Crippen LogP contribution in [0.25, 0.3) is 0 Å². The molecule has 0 amide bonds. The van der Waals surface area contributed by atoms with Crippen molar-refractivity contribution in [3.63, 3.8) is 0 Å². The summed E-state index contributed by atoms with van der Waals surface area (Å²) in [6.45, 7) is 8.04. The van der Waals surface area contributed by atoms with E-state index in [0.29, 0.717) is 12.0 Å². The van der Waals surface area contributed by atoms with E-state index >= 15 is 0 Å². The summed E-state index contributed by atoms with van der Waals surface area (Å²) in [5.74, 6) is -1.97. The molecule has 2 atom stereocenters. The van der Waals surface area contributed by atoms with Gasteiger partial charge in [0.15, 0.2) is 0 Å². The second kappa shape index (κ2) is 10.7. The molecule has 0 radical (unpaired) electrons. The van der Waals surface area contributed by atoms with Gasteiger partial charge in [0.1, 0.15) is 0 Å². The van der Waals surface area contributed by atoms with Crippen LogP contribution in [0, 0.1) is 0 Å². The Kier molecular flexibility index (Phi) is 8.16. The van der Waals surface area contributed by atoms with E-state index in [1.165, 1.54) is 16.7 Å². The predicted molar refractivity (Wildman–Crippen MR) is 128 cm³/mol. The van der Waals surface area contributed by atoms with E-state index in [-0.39, 0.29) is 13.4 Å². The zero-order valence-electron chi connectivity index (χ0n) is 20.5. The molecule has 1 aliphatic heterocycles. The van der Waals surface area contributed by atoms with Crippen LogP contribution in [0.4, 0.5) is 0 Å². The lowest BCUT2D eigenvalue weighted by atomic mass is 9.93. The number of likely N-dealkylation sites (N-methyl/N-ethyl adjacent to an activating group) is 1. The van der Waals surface area contributed by atoms with Gasteiger partial charge < -0.3 is 15.0 Å². The predicted octanol–water partition coefficient (Wildman–Crippen LogP) is 3.66. The molecular weight excluding hydrogens is 440 g/mol. The van der Waals surface area contributed by atoms with Crippen LogP contribution in [0.3, 0.4) is 0 Å². The molecule has 178 valence electrons. The molecule has 1 N–H and O–H groups in total. The summed E-state index contributed by atoms with van der Waals surface area (Å²) in [6, 6.07) is 17.9. The molecule has 1 saturated heterocycles. The average molecular weight is 473 g/mol. The fraction of sp³-hybridized carbons (Fsp3) is 0.462. The molecule has 2 aliphatic rings. The lowest BCUT2D eigenvalue weighted by molar-refractivity contribution is -0.305. The summed E-state index contributed by atoms with van der Waals surface area (Å²) in [7, 11) is 2.24. The number of carboxylic acids is 2. The van der Waals surface area contributed by atoms with E-state index in [2.05, 4.69) is 73.2 Å². The standard InChI is InChI=1S/C22H27ClN2.C4H6O4/c1-22(2)15-25(12-11-24(22)3)21-14-19(16-7-5-4-6-8-16)18-10-9-17(23)13-20(18)21;5-3(6)1-2-4(7)8/h4-10,13,19,21H,11-12,14-15H2,1-3H3;1-2H2,(H,5,6)(H,7,8)/t19-,21+;/m0./s1. The normalized spacial score (nSPS) is 22.2. The first-order valence-electron chi connectivity index (χ1n) is 11.3. The van der Waals surface area contributed by atoms with Gasteiger partial charge in [-0.15, -0.1) is 0 Å². The fourth-order valence-corrected chi connectivity index (χ4v) is 4.91. The maximum Gasteiger partial charge on any atom is 1.00 e. The Morgan fingerprint density at radius 3 is 2.39 bits per heavy atom. The van der Waals surface area contributed by atoms with Gasteiger partial charge in [-0.2, -0.15) is 0 Å². The lowest BCUT2D eigenvalue weighted by Gasteiger charge is -2.47. The minimum Gasteiger partial charge on any atom is -0.550 e. The van der Waals surface area contributed by atoms with Crippen molar-refractivity contribution in [2.45, 2.75) is 50.6 Å². The second-order valence-corrected chi connectivity index (χ2v) is 9.89. The van der Waals surface area contributed by atoms with Gasteiger partial charge >= 0.3 is 7.40 Å². The molecule has 0 saturated carbocycles. The molecule has 0 aromatic heterocycles. The fourth-order valence-electron chi connectivity index (χ4n) is 4.73. The maximum atomic E-state index is 9.61. The molecule has 4 rings (SSSR count). The number of fused-ring (bicyclic) bond motifs is 1. The van der Waals surface area contributed by atoms with Crippen LogP contribution in [0.15, 0.2) is 48.5 Å². The number of carboxylic acid groups (broad SMARTS) is 2. The van der Waals surface area contributed by atoms with Gasteiger partial charge in [0.2, 0.25) is 0 Å². The number of piperazine rings is 1. The molecule has 0 spiro atoms. The topological polar surface area (TPSA) is 83.9 Å². The largest absolute Gasteiger partial charge is 1.00 e. The summed E-state index contributed by atoms with van der Waals surface area (Å²) in [5, 5.41) is 18.3. The zero-order chi connectivity index (χ0) is 24.2. The molecule has 2 aromatic rings. The zero-order valence-corrected chi connectivity index (χ0v) is 20.2. The molecule has 0 bridgehead atoms. The van der Waals surface area contributed by atoms with E-state index in [4.69, 9.17) is 16.7 Å². The van der Waals surface area contributed by atoms with Gasteiger partial charge in [0.05, 0.1) is 6.42 Å². The van der Waals surface area contributed by atoms with Crippen molar-refractivity contribution >= 4 is 23.5 Å². The third-order valence-corrected chi connectivity index (χ3v) is 7.01. The number of nitrogens with zero attached hydrogens (tertiary/aromatic N) is 2. The minimum absolute atomic E-state index is 0. The molecule has 6 nitrogen and oxygen atoms in total.